The van der Waals surface area contributed by atoms with E-state index in [1.807, 2.05) is 0 Å². The Morgan fingerprint density at radius 3 is 2.07 bits per heavy atom. The van der Waals surface area contributed by atoms with E-state index in [1.165, 1.54) is 38.5 Å². The van der Waals surface area contributed by atoms with Crippen molar-refractivity contribution >= 4 is 23.0 Å². The first-order chi connectivity index (χ1) is 28.1. The molecular weight excluding hydrogens is 792 g/mol. The van der Waals surface area contributed by atoms with Gasteiger partial charge in [-0.1, -0.05) is 0 Å². The molecule has 318 valence electrons. The Morgan fingerprint density at radius 2 is 1.42 bits per heavy atom. The topological polar surface area (TPSA) is 334 Å². The first kappa shape index (κ1) is 42.7. The van der Waals surface area contributed by atoms with Crippen molar-refractivity contribution in [2.24, 2.45) is 0 Å². The highest BCUT2D eigenvalue weighted by molar-refractivity contribution is 5.89. The van der Waals surface area contributed by atoms with Gasteiger partial charge in [0.2, 0.25) is 23.2 Å². The maximum absolute atomic E-state index is 14.0. The number of esters is 1. The number of rotatable bonds is 12. The largest absolute Gasteiger partial charge is 0.508 e. The second-order valence-corrected chi connectivity index (χ2v) is 13.3. The minimum Gasteiger partial charge on any atom is -0.508 e. The molecule has 4 aromatic rings. The van der Waals surface area contributed by atoms with Crippen LogP contribution in [0.1, 0.15) is 5.56 Å². The average Bonchev–Trinajstić information content (AvgIpc) is 3.21. The zero-order valence-electron chi connectivity index (χ0n) is 30.9. The van der Waals surface area contributed by atoms with Crippen LogP contribution in [-0.2, 0) is 23.7 Å². The maximum atomic E-state index is 14.0. The molecule has 10 atom stereocenters. The molecule has 0 saturated carbocycles. The Kier molecular flexibility index (Phi) is 12.7. The van der Waals surface area contributed by atoms with E-state index in [1.54, 1.807) is 0 Å². The normalized spacial score (nSPS) is 27.1. The summed E-state index contributed by atoms with van der Waals surface area (Å²) in [6.07, 6.45) is -16.9. The number of carbonyl (C=O) groups is 1. The molecule has 21 nitrogen and oxygen atoms in total. The fourth-order valence-corrected chi connectivity index (χ4v) is 6.35. The molecule has 21 heteroatoms. The van der Waals surface area contributed by atoms with Gasteiger partial charge in [0.05, 0.1) is 20.8 Å². The lowest BCUT2D eigenvalue weighted by Gasteiger charge is -2.45. The molecule has 2 fully saturated rings. The number of phenolic OH excluding ortho intramolecular Hbond substituents is 5. The van der Waals surface area contributed by atoms with Gasteiger partial charge in [-0.25, -0.2) is 4.79 Å². The molecule has 1 unspecified atom stereocenters. The summed E-state index contributed by atoms with van der Waals surface area (Å²) in [6, 6.07) is 7.83. The summed E-state index contributed by atoms with van der Waals surface area (Å²) in [5.74, 6) is -4.89. The molecule has 0 amide bonds. The van der Waals surface area contributed by atoms with E-state index in [9.17, 15) is 65.8 Å². The van der Waals surface area contributed by atoms with Crippen LogP contribution in [0.2, 0.25) is 0 Å². The highest BCUT2D eigenvalue weighted by Gasteiger charge is 2.52. The molecule has 0 spiro atoms. The van der Waals surface area contributed by atoms with Crippen molar-refractivity contribution in [1.82, 2.24) is 0 Å². The maximum Gasteiger partial charge on any atom is 0.330 e. The van der Waals surface area contributed by atoms with Crippen LogP contribution in [0.25, 0.3) is 28.4 Å². The smallest absolute Gasteiger partial charge is 0.330 e. The van der Waals surface area contributed by atoms with Crippen LogP contribution >= 0.6 is 0 Å². The van der Waals surface area contributed by atoms with Crippen LogP contribution in [0, 0.1) is 0 Å². The molecule has 0 radical (unpaired) electrons. The number of aliphatic hydroxyl groups excluding tert-OH is 6. The number of phenols is 5. The van der Waals surface area contributed by atoms with Gasteiger partial charge in [-0.05, 0) is 42.0 Å². The van der Waals surface area contributed by atoms with E-state index in [0.717, 1.165) is 30.3 Å². The lowest BCUT2D eigenvalue weighted by Crippen LogP contribution is -2.65. The fourth-order valence-electron chi connectivity index (χ4n) is 6.35. The zero-order chi connectivity index (χ0) is 42.9. The number of carbonyl (C=O) groups excluding carboxylic acids is 1. The van der Waals surface area contributed by atoms with Crippen molar-refractivity contribution in [2.75, 3.05) is 27.4 Å². The summed E-state index contributed by atoms with van der Waals surface area (Å²) in [5, 5.41) is 115. The van der Waals surface area contributed by atoms with Gasteiger partial charge >= 0.3 is 5.97 Å². The molecule has 3 aromatic carbocycles. The second kappa shape index (κ2) is 17.5. The fraction of sp³-hybridized carbons (Fsp3) is 0.368. The summed E-state index contributed by atoms with van der Waals surface area (Å²) in [7, 11) is 2.62. The molecule has 2 aliphatic heterocycles. The lowest BCUT2D eigenvalue weighted by molar-refractivity contribution is -0.358. The van der Waals surface area contributed by atoms with Gasteiger partial charge in [0.1, 0.15) is 71.8 Å². The Labute approximate surface area is 331 Å². The van der Waals surface area contributed by atoms with Crippen molar-refractivity contribution in [3.8, 4) is 57.3 Å². The molecule has 2 saturated heterocycles. The van der Waals surface area contributed by atoms with Gasteiger partial charge < -0.3 is 93.7 Å². The standard InChI is InChI=1S/C38H40O21/c1-52-21-7-14(8-22(53-2)27(21)45)3-6-25(44)54-13-24-29(47)31(49)33(51)37(57-24)59-36-32(50)28(46)23(12-39)56-38(36)58-35-30(48)26-19(43)10-16(40)11-20(26)55-34(35)15-4-5-17(41)18(42)9-15/h3-11,23-24,28-29,31-33,36-43,45-47,49-51H,12-13H2,1-2H3/b6-3+/t23-,24+,28-,29+,31-,32+,33?,36-,37-,38-/m0/s1. The Bertz CT molecular complexity index is 2230. The highest BCUT2D eigenvalue weighted by atomic mass is 16.8. The van der Waals surface area contributed by atoms with E-state index in [2.05, 4.69) is 0 Å². The summed E-state index contributed by atoms with van der Waals surface area (Å²) in [5.41, 5.74) is -1.22. The van der Waals surface area contributed by atoms with Gasteiger partial charge in [-0.2, -0.15) is 0 Å². The minimum atomic E-state index is -2.08. The van der Waals surface area contributed by atoms with Gasteiger partial charge in [0.25, 0.3) is 0 Å². The van der Waals surface area contributed by atoms with Crippen LogP contribution < -0.4 is 19.6 Å². The van der Waals surface area contributed by atoms with Gasteiger partial charge in [-0.3, -0.25) is 4.79 Å². The molecule has 1 aromatic heterocycles. The Hall–Kier alpha value is -5.88. The monoisotopic (exact) mass is 832 g/mol. The van der Waals surface area contributed by atoms with E-state index in [4.69, 9.17) is 37.6 Å². The number of hydrogen-bond donors (Lipinski definition) is 11. The number of hydrogen-bond acceptors (Lipinski definition) is 21. The molecule has 11 N–H and O–H groups in total. The molecule has 59 heavy (non-hydrogen) atoms. The second-order valence-electron chi connectivity index (χ2n) is 13.3. The number of methoxy groups -OCH3 is 2. The van der Waals surface area contributed by atoms with E-state index in [0.29, 0.717) is 5.56 Å². The van der Waals surface area contributed by atoms with E-state index < -0.39 is 126 Å². The zero-order valence-corrected chi connectivity index (χ0v) is 30.9. The third kappa shape index (κ3) is 8.64. The highest BCUT2D eigenvalue weighted by Crippen LogP contribution is 2.41. The van der Waals surface area contributed by atoms with Crippen LogP contribution in [0.4, 0.5) is 0 Å². The van der Waals surface area contributed by atoms with Crippen LogP contribution in [-0.4, -0.2) is 151 Å². The molecule has 2 aliphatic rings. The number of aromatic hydroxyl groups is 5. The predicted octanol–water partition coefficient (Wildman–Crippen LogP) is -0.728. The number of ether oxygens (including phenoxy) is 7. The third-order valence-electron chi connectivity index (χ3n) is 9.48. The number of aliphatic hydroxyl groups is 6. The first-order valence-corrected chi connectivity index (χ1v) is 17.6. The summed E-state index contributed by atoms with van der Waals surface area (Å²) in [4.78, 5) is 26.6. The minimum absolute atomic E-state index is 0.0504. The summed E-state index contributed by atoms with van der Waals surface area (Å²) >= 11 is 0. The lowest BCUT2D eigenvalue weighted by atomic mass is 9.97. The molecule has 6 rings (SSSR count). The molecule has 0 aliphatic carbocycles. The van der Waals surface area contributed by atoms with Crippen LogP contribution in [0.3, 0.4) is 0 Å². The van der Waals surface area contributed by atoms with E-state index >= 15 is 0 Å². The number of benzene rings is 3. The van der Waals surface area contributed by atoms with Crippen molar-refractivity contribution in [3.63, 3.8) is 0 Å². The predicted molar refractivity (Wildman–Crippen MR) is 196 cm³/mol. The number of fused-ring (bicyclic) bond motifs is 1. The summed E-state index contributed by atoms with van der Waals surface area (Å²) in [6.45, 7) is -1.66. The SMILES string of the molecule is COc1cc(/C=C/C(=O)OC[C@H]2O[C@@H](O[C@@H]3[C@H](Oc4c(-c5ccc(O)c(O)c5)oc5cc(O)cc(O)c5c4=O)O[C@@H](CO)[C@H](O)[C@H]3O)C(O)[C@@H](O)[C@@H]2O)cc(OC)c1O. The Morgan fingerprint density at radius 1 is 0.763 bits per heavy atom. The van der Waals surface area contributed by atoms with Crippen LogP contribution in [0.15, 0.2) is 57.8 Å². The molecule has 0 bridgehead atoms. The van der Waals surface area contributed by atoms with Crippen molar-refractivity contribution in [2.45, 2.75) is 61.4 Å². The first-order valence-electron chi connectivity index (χ1n) is 17.6. The van der Waals surface area contributed by atoms with Crippen molar-refractivity contribution < 1.29 is 98.5 Å². The Balaban J connectivity index is 1.28. The average molecular weight is 833 g/mol. The van der Waals surface area contributed by atoms with Gasteiger partial charge in [0, 0.05) is 23.8 Å². The van der Waals surface area contributed by atoms with Gasteiger partial charge in [0.15, 0.2) is 41.2 Å². The van der Waals surface area contributed by atoms with Crippen molar-refractivity contribution in [3.05, 3.63) is 64.3 Å². The molecular formula is C38H40O21. The summed E-state index contributed by atoms with van der Waals surface area (Å²) < 4.78 is 44.2. The van der Waals surface area contributed by atoms with Gasteiger partial charge in [-0.15, -0.1) is 0 Å². The molecule has 3 heterocycles. The third-order valence-corrected chi connectivity index (χ3v) is 9.48. The van der Waals surface area contributed by atoms with E-state index in [-0.39, 0.29) is 28.4 Å². The van der Waals surface area contributed by atoms with Crippen LogP contribution in [0.5, 0.6) is 46.0 Å². The quantitative estimate of drug-likeness (QED) is 0.0476. The van der Waals surface area contributed by atoms with Crippen molar-refractivity contribution in [1.29, 1.82) is 0 Å².